The zero-order valence-corrected chi connectivity index (χ0v) is 16.9. The smallest absolute Gasteiger partial charge is 0.146 e. The molecule has 1 aliphatic rings. The molecule has 0 unspecified atom stereocenters. The van der Waals surface area contributed by atoms with Crippen molar-refractivity contribution in [3.63, 3.8) is 0 Å². The molecule has 1 heterocycles. The van der Waals surface area contributed by atoms with Gasteiger partial charge < -0.3 is 14.7 Å². The van der Waals surface area contributed by atoms with Crippen LogP contribution >= 0.6 is 0 Å². The van der Waals surface area contributed by atoms with Crippen molar-refractivity contribution in [2.75, 3.05) is 44.2 Å². The van der Waals surface area contributed by atoms with Crippen molar-refractivity contribution in [1.29, 1.82) is 0 Å². The van der Waals surface area contributed by atoms with Gasteiger partial charge in [-0.3, -0.25) is 4.90 Å². The van der Waals surface area contributed by atoms with Gasteiger partial charge in [0.2, 0.25) is 0 Å². The predicted octanol–water partition coefficient (Wildman–Crippen LogP) is 3.90. The number of hydrogen-bond donors (Lipinski definition) is 1. The van der Waals surface area contributed by atoms with Crippen molar-refractivity contribution in [3.05, 3.63) is 59.9 Å². The van der Waals surface area contributed by atoms with Gasteiger partial charge in [-0.1, -0.05) is 44.2 Å². The lowest BCUT2D eigenvalue weighted by molar-refractivity contribution is 0.0658. The molecule has 1 saturated heterocycles. The summed E-state index contributed by atoms with van der Waals surface area (Å²) < 4.78 is 19.9. The summed E-state index contributed by atoms with van der Waals surface area (Å²) in [4.78, 5) is 4.28. The summed E-state index contributed by atoms with van der Waals surface area (Å²) in [7, 11) is 0. The first-order chi connectivity index (χ1) is 13.6. The first kappa shape index (κ1) is 20.6. The highest BCUT2D eigenvalue weighted by Crippen LogP contribution is 2.28. The molecule has 0 spiro atoms. The second kappa shape index (κ2) is 9.89. The quantitative estimate of drug-likeness (QED) is 0.746. The molecule has 4 nitrogen and oxygen atoms in total. The lowest BCUT2D eigenvalue weighted by atomic mass is 9.98. The minimum absolute atomic E-state index is 0.177. The fourth-order valence-corrected chi connectivity index (χ4v) is 3.66. The number of benzene rings is 2. The van der Waals surface area contributed by atoms with Crippen LogP contribution in [0.2, 0.25) is 0 Å². The van der Waals surface area contributed by atoms with E-state index in [-0.39, 0.29) is 12.4 Å². The molecule has 0 bridgehead atoms. The van der Waals surface area contributed by atoms with E-state index in [9.17, 15) is 9.50 Å². The number of halogens is 1. The van der Waals surface area contributed by atoms with Gasteiger partial charge >= 0.3 is 0 Å². The first-order valence-corrected chi connectivity index (χ1v) is 10.2. The minimum Gasteiger partial charge on any atom is -0.491 e. The first-order valence-electron chi connectivity index (χ1n) is 10.2. The molecule has 2 aromatic carbocycles. The highest BCUT2D eigenvalue weighted by Gasteiger charge is 2.21. The molecule has 0 saturated carbocycles. The number of para-hydroxylation sites is 2. The fraction of sp³-hybridized carbons (Fsp3) is 0.478. The fourth-order valence-electron chi connectivity index (χ4n) is 3.66. The molecule has 0 amide bonds. The predicted molar refractivity (Wildman–Crippen MR) is 112 cm³/mol. The highest BCUT2D eigenvalue weighted by atomic mass is 19.1. The van der Waals surface area contributed by atoms with Gasteiger partial charge in [-0.15, -0.1) is 0 Å². The number of piperazine rings is 1. The number of ether oxygens (including phenoxy) is 1. The Hall–Kier alpha value is -2.11. The maximum atomic E-state index is 13.9. The van der Waals surface area contributed by atoms with E-state index in [1.165, 1.54) is 11.6 Å². The van der Waals surface area contributed by atoms with Crippen LogP contribution in [-0.4, -0.2) is 55.4 Å². The van der Waals surface area contributed by atoms with Crippen molar-refractivity contribution in [1.82, 2.24) is 4.90 Å². The Labute approximate surface area is 167 Å². The molecule has 0 aromatic heterocycles. The maximum absolute atomic E-state index is 13.9. The van der Waals surface area contributed by atoms with Crippen LogP contribution in [0.3, 0.4) is 0 Å². The van der Waals surface area contributed by atoms with Crippen LogP contribution in [0.1, 0.15) is 31.7 Å². The van der Waals surface area contributed by atoms with Gasteiger partial charge in [-0.2, -0.15) is 0 Å². The third-order valence-electron chi connectivity index (χ3n) is 5.53. The van der Waals surface area contributed by atoms with Crippen LogP contribution in [0, 0.1) is 5.82 Å². The van der Waals surface area contributed by atoms with Gasteiger partial charge in [-0.05, 0) is 36.1 Å². The summed E-state index contributed by atoms with van der Waals surface area (Å²) in [5.41, 5.74) is 1.85. The molecule has 1 N–H and O–H groups in total. The highest BCUT2D eigenvalue weighted by molar-refractivity contribution is 5.48. The molecule has 2 aromatic rings. The third kappa shape index (κ3) is 5.24. The number of aliphatic hydroxyl groups excluding tert-OH is 1. The summed E-state index contributed by atoms with van der Waals surface area (Å²) in [5.74, 6) is 1.12. The number of rotatable bonds is 8. The molecular weight excluding hydrogens is 355 g/mol. The molecule has 0 radical (unpaired) electrons. The van der Waals surface area contributed by atoms with E-state index in [0.717, 1.165) is 38.3 Å². The molecule has 3 rings (SSSR count). The molecule has 1 aliphatic heterocycles. The van der Waals surface area contributed by atoms with E-state index in [1.54, 1.807) is 6.07 Å². The molecule has 0 aliphatic carbocycles. The number of anilines is 1. The van der Waals surface area contributed by atoms with Gasteiger partial charge in [0.1, 0.15) is 24.3 Å². The van der Waals surface area contributed by atoms with E-state index in [1.807, 2.05) is 30.3 Å². The average molecular weight is 387 g/mol. The van der Waals surface area contributed by atoms with Crippen LogP contribution in [0.4, 0.5) is 10.1 Å². The second-order valence-electron chi connectivity index (χ2n) is 7.55. The van der Waals surface area contributed by atoms with Crippen LogP contribution < -0.4 is 9.64 Å². The largest absolute Gasteiger partial charge is 0.491 e. The Bertz CT molecular complexity index is 747. The number of β-amino-alcohol motifs (C(OH)–C–C–N with tert-alkyl or cyclic N) is 1. The van der Waals surface area contributed by atoms with Gasteiger partial charge in [0.15, 0.2) is 0 Å². The monoisotopic (exact) mass is 386 g/mol. The molecule has 1 fully saturated rings. The summed E-state index contributed by atoms with van der Waals surface area (Å²) in [6, 6.07) is 15.0. The van der Waals surface area contributed by atoms with Crippen molar-refractivity contribution < 1.29 is 14.2 Å². The van der Waals surface area contributed by atoms with E-state index in [4.69, 9.17) is 4.74 Å². The van der Waals surface area contributed by atoms with Crippen molar-refractivity contribution in [2.24, 2.45) is 0 Å². The van der Waals surface area contributed by atoms with Gasteiger partial charge in [-0.25, -0.2) is 4.39 Å². The Morgan fingerprint density at radius 3 is 2.43 bits per heavy atom. The lowest BCUT2D eigenvalue weighted by Crippen LogP contribution is -2.49. The summed E-state index contributed by atoms with van der Waals surface area (Å²) in [6.07, 6.45) is 0.500. The van der Waals surface area contributed by atoms with E-state index in [0.29, 0.717) is 18.2 Å². The Morgan fingerprint density at radius 1 is 1.04 bits per heavy atom. The van der Waals surface area contributed by atoms with Crippen molar-refractivity contribution in [2.45, 2.75) is 32.3 Å². The standard InChI is InChI=1S/C23H31FN2O2/c1-3-18(2)20-8-4-7-11-23(20)28-17-19(27)16-25-12-14-26(15-13-25)22-10-6-5-9-21(22)24/h4-11,18-19,27H,3,12-17H2,1-2H3/t18-,19-/m1/s1. The lowest BCUT2D eigenvalue weighted by Gasteiger charge is -2.37. The molecule has 2 atom stereocenters. The summed E-state index contributed by atoms with van der Waals surface area (Å²) in [6.45, 7) is 8.31. The van der Waals surface area contributed by atoms with Crippen LogP contribution in [-0.2, 0) is 0 Å². The number of nitrogens with zero attached hydrogens (tertiary/aromatic N) is 2. The SMILES string of the molecule is CC[C@@H](C)c1ccccc1OC[C@H](O)CN1CCN(c2ccccc2F)CC1. The van der Waals surface area contributed by atoms with Gasteiger partial charge in [0.05, 0.1) is 5.69 Å². The Morgan fingerprint density at radius 2 is 1.71 bits per heavy atom. The summed E-state index contributed by atoms with van der Waals surface area (Å²) in [5, 5.41) is 10.4. The zero-order valence-electron chi connectivity index (χ0n) is 16.9. The normalized spacial score (nSPS) is 17.4. The number of hydrogen-bond acceptors (Lipinski definition) is 4. The van der Waals surface area contributed by atoms with E-state index < -0.39 is 6.10 Å². The second-order valence-corrected chi connectivity index (χ2v) is 7.55. The Kier molecular flexibility index (Phi) is 7.29. The van der Waals surface area contributed by atoms with Crippen molar-refractivity contribution in [3.8, 4) is 5.75 Å². The third-order valence-corrected chi connectivity index (χ3v) is 5.53. The summed E-state index contributed by atoms with van der Waals surface area (Å²) >= 11 is 0. The molecular formula is C23H31FN2O2. The number of aliphatic hydroxyl groups is 1. The van der Waals surface area contributed by atoms with Gasteiger partial charge in [0, 0.05) is 32.7 Å². The topological polar surface area (TPSA) is 35.9 Å². The van der Waals surface area contributed by atoms with Gasteiger partial charge in [0.25, 0.3) is 0 Å². The Balaban J connectivity index is 1.47. The van der Waals surface area contributed by atoms with Crippen LogP contribution in [0.15, 0.2) is 48.5 Å². The van der Waals surface area contributed by atoms with Crippen LogP contribution in [0.25, 0.3) is 0 Å². The molecule has 28 heavy (non-hydrogen) atoms. The van der Waals surface area contributed by atoms with Crippen molar-refractivity contribution >= 4 is 5.69 Å². The van der Waals surface area contributed by atoms with E-state index in [2.05, 4.69) is 29.7 Å². The minimum atomic E-state index is -0.551. The average Bonchev–Trinajstić information content (AvgIpc) is 2.73. The molecule has 152 valence electrons. The maximum Gasteiger partial charge on any atom is 0.146 e. The molecule has 5 heteroatoms. The zero-order chi connectivity index (χ0) is 19.9. The van der Waals surface area contributed by atoms with E-state index >= 15 is 0 Å². The van der Waals surface area contributed by atoms with Crippen LogP contribution in [0.5, 0.6) is 5.75 Å².